The number of hydrazone groups is 1. The van der Waals surface area contributed by atoms with Gasteiger partial charge in [-0.05, 0) is 44.1 Å². The molecule has 19 heavy (non-hydrogen) atoms. The largest absolute Gasteiger partial charge is 0.375 e. The van der Waals surface area contributed by atoms with E-state index >= 15 is 0 Å². The molecule has 0 radical (unpaired) electrons. The molecule has 1 aliphatic carbocycles. The molecule has 0 aromatic carbocycles. The van der Waals surface area contributed by atoms with Gasteiger partial charge in [-0.15, -0.1) is 0 Å². The lowest BCUT2D eigenvalue weighted by Crippen LogP contribution is -2.41. The summed E-state index contributed by atoms with van der Waals surface area (Å²) in [6.07, 6.45) is 7.72. The molecule has 1 aromatic heterocycles. The van der Waals surface area contributed by atoms with Crippen molar-refractivity contribution in [1.29, 1.82) is 0 Å². The molecule has 102 valence electrons. The minimum Gasteiger partial charge on any atom is -0.375 e. The van der Waals surface area contributed by atoms with E-state index in [9.17, 15) is 0 Å². The highest BCUT2D eigenvalue weighted by Crippen LogP contribution is 2.23. The fraction of sp³-hybridized carbons (Fsp3) is 0.500. The first-order valence-electron chi connectivity index (χ1n) is 6.74. The van der Waals surface area contributed by atoms with Gasteiger partial charge in [-0.3, -0.25) is 4.98 Å². The van der Waals surface area contributed by atoms with Crippen LogP contribution in [0.1, 0.15) is 44.7 Å². The maximum absolute atomic E-state index is 5.82. The first-order valence-corrected chi connectivity index (χ1v) is 7.14. The number of hydrogen-bond acceptors (Lipinski definition) is 3. The van der Waals surface area contributed by atoms with Gasteiger partial charge in [0.2, 0.25) is 0 Å². The second-order valence-electron chi connectivity index (χ2n) is 4.88. The summed E-state index contributed by atoms with van der Waals surface area (Å²) in [6, 6.07) is 6.12. The van der Waals surface area contributed by atoms with Gasteiger partial charge in [-0.2, -0.15) is 5.10 Å². The van der Waals surface area contributed by atoms with Crippen molar-refractivity contribution in [2.24, 2.45) is 10.8 Å². The molecule has 4 nitrogen and oxygen atoms in total. The molecule has 1 heterocycles. The highest BCUT2D eigenvalue weighted by molar-refractivity contribution is 7.80. The van der Waals surface area contributed by atoms with Gasteiger partial charge >= 0.3 is 0 Å². The molecule has 2 rings (SSSR count). The van der Waals surface area contributed by atoms with Crippen molar-refractivity contribution >= 4 is 23.0 Å². The lowest BCUT2D eigenvalue weighted by molar-refractivity contribution is 0.253. The van der Waals surface area contributed by atoms with Crippen molar-refractivity contribution in [2.75, 3.05) is 0 Å². The Morgan fingerprint density at radius 1 is 1.37 bits per heavy atom. The van der Waals surface area contributed by atoms with Crippen LogP contribution >= 0.6 is 12.2 Å². The zero-order valence-corrected chi connectivity index (χ0v) is 12.1. The van der Waals surface area contributed by atoms with Crippen LogP contribution in [-0.4, -0.2) is 26.9 Å². The van der Waals surface area contributed by atoms with Crippen LogP contribution in [0.3, 0.4) is 0 Å². The van der Waals surface area contributed by atoms with Crippen molar-refractivity contribution in [1.82, 2.24) is 9.99 Å². The number of thiocarbonyl (C=S) groups is 1. The predicted molar refractivity (Wildman–Crippen MR) is 81.9 cm³/mol. The molecule has 0 bridgehead atoms. The van der Waals surface area contributed by atoms with Crippen molar-refractivity contribution < 1.29 is 0 Å². The lowest BCUT2D eigenvalue weighted by atomic mass is 9.95. The van der Waals surface area contributed by atoms with Crippen LogP contribution in [0.25, 0.3) is 0 Å². The Hall–Kier alpha value is -1.49. The van der Waals surface area contributed by atoms with Gasteiger partial charge < -0.3 is 5.73 Å². The van der Waals surface area contributed by atoms with Crippen LogP contribution in [0.15, 0.2) is 29.5 Å². The second kappa shape index (κ2) is 6.61. The van der Waals surface area contributed by atoms with Crippen molar-refractivity contribution in [2.45, 2.75) is 45.1 Å². The zero-order valence-electron chi connectivity index (χ0n) is 11.2. The second-order valence-corrected chi connectivity index (χ2v) is 5.29. The molecule has 0 saturated heterocycles. The summed E-state index contributed by atoms with van der Waals surface area (Å²) >= 11 is 5.14. The van der Waals surface area contributed by atoms with Gasteiger partial charge in [0.25, 0.3) is 0 Å². The fourth-order valence-electron chi connectivity index (χ4n) is 2.43. The molecule has 1 saturated carbocycles. The normalized spacial score (nSPS) is 17.2. The number of nitrogens with two attached hydrogens (primary N) is 1. The zero-order chi connectivity index (χ0) is 13.7. The van der Waals surface area contributed by atoms with Crippen molar-refractivity contribution in [3.8, 4) is 0 Å². The number of nitrogens with zero attached hydrogens (tertiary/aromatic N) is 3. The first kappa shape index (κ1) is 13.9. The summed E-state index contributed by atoms with van der Waals surface area (Å²) in [7, 11) is 0. The Labute approximate surface area is 119 Å². The third kappa shape index (κ3) is 3.73. The fourth-order valence-corrected chi connectivity index (χ4v) is 2.62. The van der Waals surface area contributed by atoms with Gasteiger partial charge in [0.05, 0.1) is 17.4 Å². The Morgan fingerprint density at radius 3 is 2.68 bits per heavy atom. The predicted octanol–water partition coefficient (Wildman–Crippen LogP) is 2.68. The molecule has 0 aliphatic heterocycles. The van der Waals surface area contributed by atoms with E-state index < -0.39 is 0 Å². The van der Waals surface area contributed by atoms with Crippen LogP contribution in [0.4, 0.5) is 0 Å². The molecule has 1 aliphatic rings. The summed E-state index contributed by atoms with van der Waals surface area (Å²) in [6.45, 7) is 1.94. The average molecular weight is 276 g/mol. The molecule has 5 heteroatoms. The van der Waals surface area contributed by atoms with Gasteiger partial charge in [-0.1, -0.05) is 25.3 Å². The van der Waals surface area contributed by atoms with E-state index in [1.807, 2.05) is 25.1 Å². The summed E-state index contributed by atoms with van der Waals surface area (Å²) in [4.78, 5) is 4.29. The van der Waals surface area contributed by atoms with Crippen LogP contribution in [0, 0.1) is 0 Å². The third-order valence-electron chi connectivity index (χ3n) is 3.44. The van der Waals surface area contributed by atoms with E-state index in [1.165, 1.54) is 19.3 Å². The summed E-state index contributed by atoms with van der Waals surface area (Å²) in [5.41, 5.74) is 7.53. The molecule has 0 amide bonds. The van der Waals surface area contributed by atoms with E-state index in [4.69, 9.17) is 18.0 Å². The smallest absolute Gasteiger partial charge is 0.187 e. The summed E-state index contributed by atoms with van der Waals surface area (Å²) < 4.78 is 0. The van der Waals surface area contributed by atoms with E-state index in [2.05, 4.69) is 10.1 Å². The molecule has 1 aromatic rings. The van der Waals surface area contributed by atoms with E-state index in [-0.39, 0.29) is 0 Å². The SMILES string of the molecule is CC(=NN(C(N)=S)C1CCCCC1)c1ccccn1. The maximum atomic E-state index is 5.82. The van der Waals surface area contributed by atoms with E-state index in [0.717, 1.165) is 24.2 Å². The molecule has 0 atom stereocenters. The molecular formula is C14H20N4S. The van der Waals surface area contributed by atoms with E-state index in [0.29, 0.717) is 11.2 Å². The highest BCUT2D eigenvalue weighted by Gasteiger charge is 2.22. The third-order valence-corrected chi connectivity index (χ3v) is 3.63. The van der Waals surface area contributed by atoms with Crippen molar-refractivity contribution in [3.63, 3.8) is 0 Å². The quantitative estimate of drug-likeness (QED) is 0.524. The summed E-state index contributed by atoms with van der Waals surface area (Å²) in [5, 5.41) is 6.74. The molecule has 1 fully saturated rings. The Bertz CT molecular complexity index is 452. The van der Waals surface area contributed by atoms with Crippen LogP contribution in [0.2, 0.25) is 0 Å². The Balaban J connectivity index is 2.17. The Morgan fingerprint density at radius 2 is 2.11 bits per heavy atom. The van der Waals surface area contributed by atoms with E-state index in [1.54, 1.807) is 11.2 Å². The highest BCUT2D eigenvalue weighted by atomic mass is 32.1. The van der Waals surface area contributed by atoms with Crippen LogP contribution in [0.5, 0.6) is 0 Å². The molecule has 0 spiro atoms. The molecular weight excluding hydrogens is 256 g/mol. The monoisotopic (exact) mass is 276 g/mol. The Kier molecular flexibility index (Phi) is 4.85. The number of hydrogen-bond donors (Lipinski definition) is 1. The van der Waals surface area contributed by atoms with Crippen LogP contribution < -0.4 is 5.73 Å². The van der Waals surface area contributed by atoms with Crippen molar-refractivity contribution in [3.05, 3.63) is 30.1 Å². The van der Waals surface area contributed by atoms with Gasteiger partial charge in [0, 0.05) is 6.20 Å². The van der Waals surface area contributed by atoms with Gasteiger partial charge in [0.15, 0.2) is 5.11 Å². The number of pyridine rings is 1. The van der Waals surface area contributed by atoms with Crippen LogP contribution in [-0.2, 0) is 0 Å². The molecule has 0 unspecified atom stereocenters. The average Bonchev–Trinajstić information content (AvgIpc) is 2.46. The minimum atomic E-state index is 0.338. The number of aromatic nitrogens is 1. The lowest BCUT2D eigenvalue weighted by Gasteiger charge is -2.31. The standard InChI is InChI=1S/C14H20N4S/c1-11(13-9-5-6-10-16-13)17-18(14(15)19)12-7-3-2-4-8-12/h5-6,9-10,12H,2-4,7-8H2,1H3,(H2,15,19). The van der Waals surface area contributed by atoms with Gasteiger partial charge in [-0.25, -0.2) is 5.01 Å². The minimum absolute atomic E-state index is 0.338. The van der Waals surface area contributed by atoms with Gasteiger partial charge in [0.1, 0.15) is 0 Å². The summed E-state index contributed by atoms with van der Waals surface area (Å²) in [5.74, 6) is 0. The number of rotatable bonds is 3. The topological polar surface area (TPSA) is 54.5 Å². The maximum Gasteiger partial charge on any atom is 0.187 e. The first-order chi connectivity index (χ1) is 9.18. The molecule has 2 N–H and O–H groups in total.